The molecule has 8 nitrogen and oxygen atoms in total. The Balaban J connectivity index is 1.97. The van der Waals surface area contributed by atoms with Gasteiger partial charge in [-0.2, -0.15) is 5.10 Å². The predicted molar refractivity (Wildman–Crippen MR) is 71.2 cm³/mol. The maximum atomic E-state index is 10.8. The number of nitro benzene ring substituents is 1. The standard InChI is InChI=1S/C13H9N3O5/c17-13(18)12-4-3-10(21-12)7-15-11-5-9(16(19)20)2-1-8(11)6-14-15/h1-6H,7H2,(H,17,18). The van der Waals surface area contributed by atoms with E-state index < -0.39 is 10.9 Å². The monoisotopic (exact) mass is 287 g/mol. The predicted octanol–water partition coefficient (Wildman–Crippen LogP) is 2.28. The summed E-state index contributed by atoms with van der Waals surface area (Å²) >= 11 is 0. The highest BCUT2D eigenvalue weighted by Crippen LogP contribution is 2.21. The number of carboxylic acid groups (broad SMARTS) is 1. The topological polar surface area (TPSA) is 111 Å². The molecule has 0 aliphatic carbocycles. The van der Waals surface area contributed by atoms with Crippen molar-refractivity contribution in [3.8, 4) is 0 Å². The zero-order chi connectivity index (χ0) is 15.0. The first kappa shape index (κ1) is 12.9. The Kier molecular flexibility index (Phi) is 2.90. The molecular formula is C13H9N3O5. The van der Waals surface area contributed by atoms with Crippen molar-refractivity contribution in [1.82, 2.24) is 9.78 Å². The lowest BCUT2D eigenvalue weighted by Crippen LogP contribution is -2.01. The molecule has 0 saturated heterocycles. The van der Waals surface area contributed by atoms with Gasteiger partial charge in [-0.1, -0.05) is 0 Å². The molecular weight excluding hydrogens is 278 g/mol. The molecule has 8 heteroatoms. The van der Waals surface area contributed by atoms with Crippen LogP contribution in [0.2, 0.25) is 0 Å². The van der Waals surface area contributed by atoms with Gasteiger partial charge in [0.05, 0.1) is 23.2 Å². The first-order valence-corrected chi connectivity index (χ1v) is 5.96. The maximum absolute atomic E-state index is 10.8. The first-order valence-electron chi connectivity index (χ1n) is 5.96. The first-order chi connectivity index (χ1) is 10.0. The van der Waals surface area contributed by atoms with Crippen molar-refractivity contribution in [2.24, 2.45) is 0 Å². The van der Waals surface area contributed by atoms with E-state index in [0.29, 0.717) is 11.3 Å². The fourth-order valence-electron chi connectivity index (χ4n) is 2.02. The van der Waals surface area contributed by atoms with Crippen LogP contribution in [0, 0.1) is 10.1 Å². The summed E-state index contributed by atoms with van der Waals surface area (Å²) in [6.45, 7) is 0.192. The lowest BCUT2D eigenvalue weighted by Gasteiger charge is -2.01. The summed E-state index contributed by atoms with van der Waals surface area (Å²) in [5.41, 5.74) is 0.549. The molecule has 3 aromatic rings. The average Bonchev–Trinajstić information content (AvgIpc) is 3.06. The van der Waals surface area contributed by atoms with E-state index in [4.69, 9.17) is 9.52 Å². The van der Waals surface area contributed by atoms with Crippen molar-refractivity contribution in [3.63, 3.8) is 0 Å². The zero-order valence-corrected chi connectivity index (χ0v) is 10.6. The molecule has 0 fully saturated rings. The van der Waals surface area contributed by atoms with Gasteiger partial charge < -0.3 is 9.52 Å². The molecule has 1 N–H and O–H groups in total. The molecule has 106 valence electrons. The lowest BCUT2D eigenvalue weighted by atomic mass is 10.2. The Morgan fingerprint density at radius 1 is 1.38 bits per heavy atom. The second-order valence-corrected chi connectivity index (χ2v) is 4.37. The van der Waals surface area contributed by atoms with Gasteiger partial charge in [0.15, 0.2) is 0 Å². The Morgan fingerprint density at radius 3 is 2.86 bits per heavy atom. The minimum absolute atomic E-state index is 0.0325. The highest BCUT2D eigenvalue weighted by Gasteiger charge is 2.13. The van der Waals surface area contributed by atoms with Crippen molar-refractivity contribution in [3.05, 3.63) is 58.2 Å². The Labute approximate surface area is 117 Å². The number of nitro groups is 1. The number of hydrogen-bond donors (Lipinski definition) is 1. The summed E-state index contributed by atoms with van der Waals surface area (Å²) in [7, 11) is 0. The van der Waals surface area contributed by atoms with Gasteiger partial charge in [-0.15, -0.1) is 0 Å². The average molecular weight is 287 g/mol. The molecule has 3 rings (SSSR count). The van der Waals surface area contributed by atoms with Crippen molar-refractivity contribution < 1.29 is 19.2 Å². The summed E-state index contributed by atoms with van der Waals surface area (Å²) in [5.74, 6) is -0.904. The van der Waals surface area contributed by atoms with Gasteiger partial charge in [-0.05, 0) is 18.2 Å². The van der Waals surface area contributed by atoms with Gasteiger partial charge in [0, 0.05) is 17.5 Å². The Morgan fingerprint density at radius 2 is 2.19 bits per heavy atom. The van der Waals surface area contributed by atoms with Crippen LogP contribution in [0.15, 0.2) is 40.9 Å². The van der Waals surface area contributed by atoms with Crippen LogP contribution in [-0.2, 0) is 6.54 Å². The van der Waals surface area contributed by atoms with Crippen molar-refractivity contribution >= 4 is 22.6 Å². The molecule has 0 radical (unpaired) electrons. The van der Waals surface area contributed by atoms with Gasteiger partial charge in [-0.3, -0.25) is 14.8 Å². The number of carbonyl (C=O) groups is 1. The van der Waals surface area contributed by atoms with Crippen LogP contribution in [0.5, 0.6) is 0 Å². The minimum atomic E-state index is -1.15. The summed E-state index contributed by atoms with van der Waals surface area (Å²) in [6.07, 6.45) is 1.58. The molecule has 0 saturated carbocycles. The molecule has 21 heavy (non-hydrogen) atoms. The van der Waals surface area contributed by atoms with Crippen molar-refractivity contribution in [2.45, 2.75) is 6.54 Å². The molecule has 0 spiro atoms. The van der Waals surface area contributed by atoms with Crippen LogP contribution < -0.4 is 0 Å². The fourth-order valence-corrected chi connectivity index (χ4v) is 2.02. The molecule has 0 unspecified atom stereocenters. The molecule has 1 aromatic carbocycles. The second-order valence-electron chi connectivity index (χ2n) is 4.37. The number of nitrogens with zero attached hydrogens (tertiary/aromatic N) is 3. The summed E-state index contributed by atoms with van der Waals surface area (Å²) in [4.78, 5) is 21.1. The van der Waals surface area contributed by atoms with Crippen LogP contribution in [0.3, 0.4) is 0 Å². The molecule has 0 amide bonds. The van der Waals surface area contributed by atoms with E-state index in [0.717, 1.165) is 5.39 Å². The number of carboxylic acids is 1. The van der Waals surface area contributed by atoms with E-state index in [-0.39, 0.29) is 18.0 Å². The van der Waals surface area contributed by atoms with E-state index in [1.54, 1.807) is 12.3 Å². The van der Waals surface area contributed by atoms with Crippen LogP contribution in [0.4, 0.5) is 5.69 Å². The number of aromatic carboxylic acids is 1. The molecule has 0 aliphatic heterocycles. The smallest absolute Gasteiger partial charge is 0.371 e. The summed E-state index contributed by atoms with van der Waals surface area (Å²) in [5, 5.41) is 24.5. The van der Waals surface area contributed by atoms with E-state index in [1.165, 1.54) is 28.9 Å². The summed E-state index contributed by atoms with van der Waals surface area (Å²) < 4.78 is 6.67. The van der Waals surface area contributed by atoms with E-state index in [1.807, 2.05) is 0 Å². The van der Waals surface area contributed by atoms with Gasteiger partial charge in [0.2, 0.25) is 5.76 Å². The minimum Gasteiger partial charge on any atom is -0.475 e. The van der Waals surface area contributed by atoms with E-state index >= 15 is 0 Å². The Bertz CT molecular complexity index is 848. The van der Waals surface area contributed by atoms with E-state index in [2.05, 4.69) is 5.10 Å². The van der Waals surface area contributed by atoms with Gasteiger partial charge in [0.1, 0.15) is 5.76 Å². The number of hydrogen-bond acceptors (Lipinski definition) is 5. The third kappa shape index (κ3) is 2.34. The third-order valence-electron chi connectivity index (χ3n) is 3.02. The van der Waals surface area contributed by atoms with Crippen LogP contribution >= 0.6 is 0 Å². The second kappa shape index (κ2) is 4.75. The highest BCUT2D eigenvalue weighted by atomic mass is 16.6. The van der Waals surface area contributed by atoms with E-state index in [9.17, 15) is 14.9 Å². The molecule has 2 heterocycles. The van der Waals surface area contributed by atoms with Crippen molar-refractivity contribution in [2.75, 3.05) is 0 Å². The normalized spacial score (nSPS) is 10.9. The lowest BCUT2D eigenvalue weighted by molar-refractivity contribution is -0.384. The quantitative estimate of drug-likeness (QED) is 0.582. The van der Waals surface area contributed by atoms with Gasteiger partial charge in [-0.25, -0.2) is 4.79 Å². The van der Waals surface area contributed by atoms with Gasteiger partial charge >= 0.3 is 5.97 Å². The SMILES string of the molecule is O=C(O)c1ccc(Cn2ncc3ccc([N+](=O)[O-])cc32)o1. The summed E-state index contributed by atoms with van der Waals surface area (Å²) in [6, 6.07) is 7.33. The van der Waals surface area contributed by atoms with Crippen LogP contribution in [-0.4, -0.2) is 25.8 Å². The number of fused-ring (bicyclic) bond motifs is 1. The zero-order valence-electron chi connectivity index (χ0n) is 10.6. The highest BCUT2D eigenvalue weighted by molar-refractivity contribution is 5.84. The maximum Gasteiger partial charge on any atom is 0.371 e. The number of furan rings is 1. The number of non-ortho nitro benzene ring substituents is 1. The van der Waals surface area contributed by atoms with Crippen LogP contribution in [0.25, 0.3) is 10.9 Å². The number of aromatic nitrogens is 2. The van der Waals surface area contributed by atoms with Gasteiger partial charge in [0.25, 0.3) is 5.69 Å². The largest absolute Gasteiger partial charge is 0.475 e. The molecule has 0 bridgehead atoms. The number of rotatable bonds is 4. The molecule has 0 aliphatic rings. The van der Waals surface area contributed by atoms with Crippen molar-refractivity contribution in [1.29, 1.82) is 0 Å². The number of benzene rings is 1. The third-order valence-corrected chi connectivity index (χ3v) is 3.02. The van der Waals surface area contributed by atoms with Crippen LogP contribution in [0.1, 0.15) is 16.3 Å². The fraction of sp³-hybridized carbons (Fsp3) is 0.0769. The Hall–Kier alpha value is -3.16. The molecule has 2 aromatic heterocycles. The molecule has 0 atom stereocenters.